The minimum absolute atomic E-state index is 0.282. The topological polar surface area (TPSA) is 60.4 Å². The molecule has 2 aromatic rings. The number of aliphatic hydroxyl groups is 1. The van der Waals surface area contributed by atoms with Crippen molar-refractivity contribution in [1.29, 1.82) is 0 Å². The number of halogens is 1. The van der Waals surface area contributed by atoms with Crippen molar-refractivity contribution < 1.29 is 19.5 Å². The van der Waals surface area contributed by atoms with Crippen molar-refractivity contribution in [3.63, 3.8) is 0 Å². The van der Waals surface area contributed by atoms with E-state index in [0.717, 1.165) is 5.33 Å². The summed E-state index contributed by atoms with van der Waals surface area (Å²) in [6.45, 7) is 0.425. The summed E-state index contributed by atoms with van der Waals surface area (Å²) in [7, 11) is 5.66. The number of quaternary nitrogens is 1. The van der Waals surface area contributed by atoms with E-state index in [1.54, 1.807) is 0 Å². The third-order valence-electron chi connectivity index (χ3n) is 3.38. The summed E-state index contributed by atoms with van der Waals surface area (Å²) in [6, 6.07) is 19.0. The monoisotopic (exact) mass is 407 g/mol. The summed E-state index contributed by atoms with van der Waals surface area (Å²) < 4.78 is 0.550. The van der Waals surface area contributed by atoms with Gasteiger partial charge in [-0.15, -0.1) is 0 Å². The molecule has 0 radical (unpaired) electrons. The summed E-state index contributed by atoms with van der Waals surface area (Å²) >= 11 is 3.44. The van der Waals surface area contributed by atoms with Crippen molar-refractivity contribution in [3.05, 3.63) is 60.2 Å². The van der Waals surface area contributed by atoms with E-state index in [9.17, 15) is 9.90 Å². The Morgan fingerprint density at radius 3 is 2.00 bits per heavy atom. The number of nitrogens with zero attached hydrogens (tertiary/aromatic N) is 1. The first-order valence-electron chi connectivity index (χ1n) is 8.10. The van der Waals surface area contributed by atoms with Crippen LogP contribution in [0.25, 0.3) is 11.1 Å². The quantitative estimate of drug-likeness (QED) is 0.590. The fourth-order valence-corrected chi connectivity index (χ4v) is 2.68. The number of carbonyl (C=O) groups is 1. The Morgan fingerprint density at radius 2 is 1.56 bits per heavy atom. The highest BCUT2D eigenvalue weighted by molar-refractivity contribution is 9.08. The van der Waals surface area contributed by atoms with Gasteiger partial charge in [0.15, 0.2) is 0 Å². The van der Waals surface area contributed by atoms with Crippen LogP contribution in [0.2, 0.25) is 0 Å². The van der Waals surface area contributed by atoms with E-state index in [0.29, 0.717) is 11.0 Å². The molecule has 0 aliphatic rings. The number of carbonyl (C=O) groups excluding carboxylic acids is 1. The number of aliphatic hydroxyl groups excluding tert-OH is 1. The maximum absolute atomic E-state index is 10.0. The van der Waals surface area contributed by atoms with Crippen LogP contribution in [0.15, 0.2) is 54.6 Å². The molecule has 0 saturated carbocycles. The van der Waals surface area contributed by atoms with E-state index in [1.165, 1.54) is 16.7 Å². The molecule has 0 aromatic heterocycles. The zero-order valence-electron chi connectivity index (χ0n) is 15.0. The summed E-state index contributed by atoms with van der Waals surface area (Å²) in [5.41, 5.74) is 3.86. The lowest BCUT2D eigenvalue weighted by atomic mass is 10.0. The Hall–Kier alpha value is -1.69. The molecule has 0 aliphatic carbocycles. The second-order valence-electron chi connectivity index (χ2n) is 6.90. The molecule has 1 unspecified atom stereocenters. The molecule has 0 amide bonds. The van der Waals surface area contributed by atoms with Crippen LogP contribution in [0.5, 0.6) is 0 Å². The number of rotatable bonds is 6. The first-order valence-corrected chi connectivity index (χ1v) is 9.22. The van der Waals surface area contributed by atoms with E-state index < -0.39 is 12.1 Å². The zero-order valence-corrected chi connectivity index (χ0v) is 16.6. The van der Waals surface area contributed by atoms with E-state index >= 15 is 0 Å². The molecular formula is C20H26BrNO3. The van der Waals surface area contributed by atoms with Crippen LogP contribution in [0.1, 0.15) is 12.0 Å². The number of carboxylic acids is 1. The highest BCUT2D eigenvalue weighted by atomic mass is 79.9. The molecule has 4 nitrogen and oxygen atoms in total. The number of hydrogen-bond acceptors (Lipinski definition) is 3. The fraction of sp³-hybridized carbons (Fsp3) is 0.350. The van der Waals surface area contributed by atoms with Gasteiger partial charge in [-0.1, -0.05) is 70.5 Å². The van der Waals surface area contributed by atoms with Gasteiger partial charge in [-0.3, -0.25) is 0 Å². The number of aliphatic carboxylic acids is 1. The first kappa shape index (κ1) is 21.4. The summed E-state index contributed by atoms with van der Waals surface area (Å²) in [5, 5.41) is 20.1. The normalized spacial score (nSPS) is 12.0. The lowest BCUT2D eigenvalue weighted by molar-refractivity contribution is -0.873. The van der Waals surface area contributed by atoms with Gasteiger partial charge in [0.2, 0.25) is 0 Å². The van der Waals surface area contributed by atoms with Gasteiger partial charge in [0.05, 0.1) is 21.1 Å². The Kier molecular flexibility index (Phi) is 8.83. The predicted molar refractivity (Wildman–Crippen MR) is 103 cm³/mol. The molecule has 0 fully saturated rings. The second kappa shape index (κ2) is 10.3. The molecular weight excluding hydrogens is 382 g/mol. The number of carboxylic acid groups (broad SMARTS) is 1. The van der Waals surface area contributed by atoms with Gasteiger partial charge in [-0.2, -0.15) is 0 Å². The highest BCUT2D eigenvalue weighted by Crippen LogP contribution is 2.19. The molecule has 0 bridgehead atoms. The molecule has 0 aliphatic heterocycles. The summed E-state index contributed by atoms with van der Waals surface area (Å²) in [5.74, 6) is -1.20. The van der Waals surface area contributed by atoms with Crippen molar-refractivity contribution in [2.24, 2.45) is 0 Å². The van der Waals surface area contributed by atoms with Gasteiger partial charge < -0.3 is 19.5 Å². The Balaban J connectivity index is 0.000000260. The molecule has 2 aromatic carbocycles. The largest absolute Gasteiger partial charge is 0.550 e. The van der Waals surface area contributed by atoms with Gasteiger partial charge in [0.25, 0.3) is 0 Å². The number of alkyl halides is 1. The van der Waals surface area contributed by atoms with Crippen LogP contribution >= 0.6 is 15.9 Å². The van der Waals surface area contributed by atoms with E-state index in [1.807, 2.05) is 27.2 Å². The average Bonchev–Trinajstić information content (AvgIpc) is 2.54. The van der Waals surface area contributed by atoms with Crippen LogP contribution in [0, 0.1) is 0 Å². The van der Waals surface area contributed by atoms with Gasteiger partial charge >= 0.3 is 0 Å². The zero-order chi connectivity index (χ0) is 18.9. The van der Waals surface area contributed by atoms with Crippen molar-refractivity contribution in [3.8, 4) is 11.1 Å². The minimum atomic E-state index is -1.20. The van der Waals surface area contributed by atoms with Crippen molar-refractivity contribution in [2.75, 3.05) is 27.7 Å². The Bertz CT molecular complexity index is 636. The summed E-state index contributed by atoms with van der Waals surface area (Å²) in [4.78, 5) is 10.0. The molecule has 5 heteroatoms. The van der Waals surface area contributed by atoms with Gasteiger partial charge in [-0.25, -0.2) is 0 Å². The number of hydrogen-bond donors (Lipinski definition) is 1. The van der Waals surface area contributed by atoms with Crippen molar-refractivity contribution >= 4 is 21.9 Å². The SMILES string of the molecule is BrCc1ccc(-c2ccccc2)cc1.C[N+](C)(C)CC(O)CC(=O)[O-]. The van der Waals surface area contributed by atoms with E-state index in [-0.39, 0.29) is 6.42 Å². The van der Waals surface area contributed by atoms with Gasteiger partial charge in [-0.05, 0) is 16.7 Å². The van der Waals surface area contributed by atoms with Gasteiger partial charge in [0, 0.05) is 17.7 Å². The highest BCUT2D eigenvalue weighted by Gasteiger charge is 2.14. The smallest absolute Gasteiger partial charge is 0.108 e. The van der Waals surface area contributed by atoms with Crippen LogP contribution in [-0.2, 0) is 10.1 Å². The van der Waals surface area contributed by atoms with Crippen LogP contribution < -0.4 is 5.11 Å². The van der Waals surface area contributed by atoms with Gasteiger partial charge in [0.1, 0.15) is 12.6 Å². The van der Waals surface area contributed by atoms with E-state index in [4.69, 9.17) is 5.11 Å². The Morgan fingerprint density at radius 1 is 1.04 bits per heavy atom. The predicted octanol–water partition coefficient (Wildman–Crippen LogP) is 2.44. The summed E-state index contributed by atoms with van der Waals surface area (Å²) in [6.07, 6.45) is -1.09. The number of benzene rings is 2. The third-order valence-corrected chi connectivity index (χ3v) is 4.02. The van der Waals surface area contributed by atoms with Crippen LogP contribution in [0.3, 0.4) is 0 Å². The molecule has 1 atom stereocenters. The molecule has 2 rings (SSSR count). The maximum atomic E-state index is 10.0. The van der Waals surface area contributed by atoms with Crippen LogP contribution in [-0.4, -0.2) is 49.4 Å². The second-order valence-corrected chi connectivity index (χ2v) is 7.46. The first-order chi connectivity index (χ1) is 11.7. The third kappa shape index (κ3) is 9.39. The van der Waals surface area contributed by atoms with Crippen molar-refractivity contribution in [2.45, 2.75) is 17.9 Å². The van der Waals surface area contributed by atoms with Crippen molar-refractivity contribution in [1.82, 2.24) is 0 Å². The minimum Gasteiger partial charge on any atom is -0.550 e. The average molecular weight is 408 g/mol. The Labute approximate surface area is 158 Å². The lowest BCUT2D eigenvalue weighted by Crippen LogP contribution is -2.43. The molecule has 25 heavy (non-hydrogen) atoms. The molecule has 0 spiro atoms. The molecule has 0 heterocycles. The molecule has 1 N–H and O–H groups in total. The van der Waals surface area contributed by atoms with Crippen LogP contribution in [0.4, 0.5) is 0 Å². The molecule has 136 valence electrons. The number of likely N-dealkylation sites (N-methyl/N-ethyl adjacent to an activating group) is 1. The fourth-order valence-electron chi connectivity index (χ4n) is 2.31. The molecule has 0 saturated heterocycles. The van der Waals surface area contributed by atoms with E-state index in [2.05, 4.69) is 64.5 Å². The maximum Gasteiger partial charge on any atom is 0.108 e. The lowest BCUT2D eigenvalue weighted by Gasteiger charge is -2.26. The standard InChI is InChI=1S/C13H11Br.C7H15NO3/c14-10-11-6-8-13(9-7-11)12-4-2-1-3-5-12;1-8(2,3)5-6(9)4-7(10)11/h1-9H,10H2;6,9H,4-5H2,1-3H3.